The molecule has 0 saturated carbocycles. The first-order valence-electron chi connectivity index (χ1n) is 8.53. The van der Waals surface area contributed by atoms with E-state index in [-0.39, 0.29) is 43.4 Å². The van der Waals surface area contributed by atoms with Crippen LogP contribution in [0.4, 0.5) is 10.1 Å². The van der Waals surface area contributed by atoms with Gasteiger partial charge in [-0.05, 0) is 36.4 Å². The minimum atomic E-state index is -3.97. The average Bonchev–Trinajstić information content (AvgIpc) is 2.68. The number of amides is 1. The summed E-state index contributed by atoms with van der Waals surface area (Å²) in [6, 6.07) is 11.8. The summed E-state index contributed by atoms with van der Waals surface area (Å²) in [5.74, 6) is -1.49. The van der Waals surface area contributed by atoms with Crippen LogP contribution >= 0.6 is 23.2 Å². The van der Waals surface area contributed by atoms with Crippen molar-refractivity contribution in [3.05, 3.63) is 76.0 Å². The van der Waals surface area contributed by atoms with Crippen LogP contribution in [0.25, 0.3) is 0 Å². The molecular weight excluding hydrogens is 470 g/mol. The van der Waals surface area contributed by atoms with Crippen molar-refractivity contribution in [2.45, 2.75) is 4.90 Å². The molecule has 0 heterocycles. The number of anilines is 1. The molecule has 3 aromatic rings. The van der Waals surface area contributed by atoms with Gasteiger partial charge in [0.25, 0.3) is 5.91 Å². The molecule has 7 nitrogen and oxygen atoms in total. The van der Waals surface area contributed by atoms with E-state index in [1.165, 1.54) is 55.6 Å². The van der Waals surface area contributed by atoms with Crippen LogP contribution in [0.3, 0.4) is 0 Å². The number of primary sulfonamides is 1. The Labute approximate surface area is 187 Å². The first-order valence-corrected chi connectivity index (χ1v) is 10.8. The summed E-state index contributed by atoms with van der Waals surface area (Å²) in [5, 5.41) is 7.72. The summed E-state index contributed by atoms with van der Waals surface area (Å²) in [5.41, 5.74) is 0.00594. The number of hydrogen-bond donors (Lipinski definition) is 2. The van der Waals surface area contributed by atoms with Crippen molar-refractivity contribution in [3.63, 3.8) is 0 Å². The summed E-state index contributed by atoms with van der Waals surface area (Å²) in [6.45, 7) is 0. The zero-order chi connectivity index (χ0) is 22.8. The molecule has 31 heavy (non-hydrogen) atoms. The van der Waals surface area contributed by atoms with Gasteiger partial charge < -0.3 is 14.8 Å². The summed E-state index contributed by atoms with van der Waals surface area (Å²) in [4.78, 5) is 12.7. The molecule has 0 unspecified atom stereocenters. The highest BCUT2D eigenvalue weighted by Crippen LogP contribution is 2.36. The summed E-state index contributed by atoms with van der Waals surface area (Å²) >= 11 is 12.2. The molecule has 0 aliphatic carbocycles. The van der Waals surface area contributed by atoms with Gasteiger partial charge in [0.1, 0.15) is 17.1 Å². The molecule has 0 aliphatic heterocycles. The van der Waals surface area contributed by atoms with Crippen LogP contribution in [0.1, 0.15) is 10.4 Å². The van der Waals surface area contributed by atoms with E-state index >= 15 is 0 Å². The van der Waals surface area contributed by atoms with Gasteiger partial charge in [0, 0.05) is 22.8 Å². The maximum Gasteiger partial charge on any atom is 0.260 e. The van der Waals surface area contributed by atoms with E-state index < -0.39 is 21.7 Å². The molecule has 0 radical (unpaired) electrons. The molecule has 11 heteroatoms. The smallest absolute Gasteiger partial charge is 0.260 e. The Morgan fingerprint density at radius 3 is 2.45 bits per heavy atom. The summed E-state index contributed by atoms with van der Waals surface area (Å²) < 4.78 is 47.9. The maximum absolute atomic E-state index is 14.3. The lowest BCUT2D eigenvalue weighted by molar-refractivity contribution is 0.102. The minimum absolute atomic E-state index is 0.0588. The first kappa shape index (κ1) is 22.8. The van der Waals surface area contributed by atoms with Crippen molar-refractivity contribution >= 4 is 44.8 Å². The Balaban J connectivity index is 1.97. The average molecular weight is 485 g/mol. The number of nitrogens with two attached hydrogens (primary N) is 1. The minimum Gasteiger partial charge on any atom is -0.497 e. The van der Waals surface area contributed by atoms with Gasteiger partial charge in [-0.3, -0.25) is 4.79 Å². The summed E-state index contributed by atoms with van der Waals surface area (Å²) in [7, 11) is -2.58. The van der Waals surface area contributed by atoms with E-state index in [0.717, 1.165) is 6.07 Å². The first-order chi connectivity index (χ1) is 14.6. The third-order valence-corrected chi connectivity index (χ3v) is 5.45. The van der Waals surface area contributed by atoms with E-state index in [4.69, 9.17) is 37.8 Å². The van der Waals surface area contributed by atoms with Gasteiger partial charge in [0.15, 0.2) is 11.6 Å². The molecule has 3 aromatic carbocycles. The monoisotopic (exact) mass is 484 g/mol. The van der Waals surface area contributed by atoms with Gasteiger partial charge in [-0.1, -0.05) is 29.3 Å². The van der Waals surface area contributed by atoms with Gasteiger partial charge in [0.2, 0.25) is 10.0 Å². The van der Waals surface area contributed by atoms with Crippen molar-refractivity contribution in [2.75, 3.05) is 12.4 Å². The van der Waals surface area contributed by atoms with E-state index in [1.807, 2.05) is 0 Å². The van der Waals surface area contributed by atoms with Crippen LogP contribution in [0.5, 0.6) is 17.2 Å². The maximum atomic E-state index is 14.3. The Hall–Kier alpha value is -2.85. The number of sulfonamides is 1. The Bertz CT molecular complexity index is 1270. The topological polar surface area (TPSA) is 108 Å². The summed E-state index contributed by atoms with van der Waals surface area (Å²) in [6.07, 6.45) is 0. The molecule has 3 rings (SSSR count). The van der Waals surface area contributed by atoms with Crippen LogP contribution in [-0.4, -0.2) is 21.4 Å². The van der Waals surface area contributed by atoms with Crippen molar-refractivity contribution in [2.24, 2.45) is 5.14 Å². The number of nitrogens with one attached hydrogen (secondary N) is 1. The van der Waals surface area contributed by atoms with Gasteiger partial charge in [-0.25, -0.2) is 17.9 Å². The van der Waals surface area contributed by atoms with E-state index in [9.17, 15) is 17.6 Å². The van der Waals surface area contributed by atoms with E-state index in [1.54, 1.807) is 0 Å². The van der Waals surface area contributed by atoms with Crippen LogP contribution < -0.4 is 19.9 Å². The van der Waals surface area contributed by atoms with Crippen LogP contribution in [0, 0.1) is 5.82 Å². The number of carbonyl (C=O) groups is 1. The lowest BCUT2D eigenvalue weighted by Gasteiger charge is -2.15. The van der Waals surface area contributed by atoms with Crippen LogP contribution in [0.2, 0.25) is 10.0 Å². The van der Waals surface area contributed by atoms with Crippen molar-refractivity contribution < 1.29 is 27.1 Å². The molecule has 0 spiro atoms. The molecule has 1 amide bonds. The van der Waals surface area contributed by atoms with Crippen molar-refractivity contribution in [1.82, 2.24) is 0 Å². The third-order valence-electron chi connectivity index (χ3n) is 4.03. The second-order valence-corrected chi connectivity index (χ2v) is 8.59. The number of halogens is 3. The molecule has 0 atom stereocenters. The third kappa shape index (κ3) is 5.45. The highest BCUT2D eigenvalue weighted by Gasteiger charge is 2.21. The predicted octanol–water partition coefficient (Wildman–Crippen LogP) is 4.83. The number of rotatable bonds is 6. The lowest BCUT2D eigenvalue weighted by Crippen LogP contribution is -2.16. The van der Waals surface area contributed by atoms with Crippen molar-refractivity contribution in [3.8, 4) is 17.2 Å². The zero-order valence-electron chi connectivity index (χ0n) is 15.9. The van der Waals surface area contributed by atoms with Gasteiger partial charge >= 0.3 is 0 Å². The van der Waals surface area contributed by atoms with Gasteiger partial charge in [0.05, 0.1) is 17.0 Å². The fourth-order valence-corrected chi connectivity index (χ4v) is 3.73. The standard InChI is InChI=1S/C20H15Cl2FN2O5S/c1-29-13-5-6-17(16(23)10-13)30-18-8-11(21)7-15(22)19(18)20(26)25-12-3-2-4-14(9-12)31(24,27)28/h2-10H,1H3,(H,25,26)(H2,24,27,28). The van der Waals surface area contributed by atoms with E-state index in [0.29, 0.717) is 0 Å². The molecule has 0 fully saturated rings. The van der Waals surface area contributed by atoms with Gasteiger partial charge in [-0.15, -0.1) is 0 Å². The number of hydrogen-bond acceptors (Lipinski definition) is 5. The molecule has 3 N–H and O–H groups in total. The molecular formula is C20H15Cl2FN2O5S. The van der Waals surface area contributed by atoms with Crippen LogP contribution in [0.15, 0.2) is 59.5 Å². The van der Waals surface area contributed by atoms with Crippen LogP contribution in [-0.2, 0) is 10.0 Å². The molecule has 0 aliphatic rings. The normalized spacial score (nSPS) is 11.1. The fourth-order valence-electron chi connectivity index (χ4n) is 2.61. The number of methoxy groups -OCH3 is 1. The number of benzene rings is 3. The molecule has 162 valence electrons. The highest BCUT2D eigenvalue weighted by molar-refractivity contribution is 7.89. The van der Waals surface area contributed by atoms with Gasteiger partial charge in [-0.2, -0.15) is 0 Å². The largest absolute Gasteiger partial charge is 0.497 e. The highest BCUT2D eigenvalue weighted by atomic mass is 35.5. The Kier molecular flexibility index (Phi) is 6.71. The lowest BCUT2D eigenvalue weighted by atomic mass is 10.1. The zero-order valence-corrected chi connectivity index (χ0v) is 18.2. The molecule has 0 saturated heterocycles. The Morgan fingerprint density at radius 1 is 1.06 bits per heavy atom. The SMILES string of the molecule is COc1ccc(Oc2cc(Cl)cc(Cl)c2C(=O)Nc2cccc(S(N)(=O)=O)c2)c(F)c1. The number of carbonyl (C=O) groups excluding carboxylic acids is 1. The fraction of sp³-hybridized carbons (Fsp3) is 0.0500. The second-order valence-electron chi connectivity index (χ2n) is 6.19. The Morgan fingerprint density at radius 2 is 1.81 bits per heavy atom. The van der Waals surface area contributed by atoms with E-state index in [2.05, 4.69) is 5.32 Å². The second kappa shape index (κ2) is 9.11. The quantitative estimate of drug-likeness (QED) is 0.520. The molecule has 0 aromatic heterocycles. The predicted molar refractivity (Wildman–Crippen MR) is 115 cm³/mol. The number of ether oxygens (including phenoxy) is 2. The van der Waals surface area contributed by atoms with Crippen molar-refractivity contribution in [1.29, 1.82) is 0 Å². The molecule has 0 bridgehead atoms.